The number of fused-ring (bicyclic) bond motifs is 1. The van der Waals surface area contributed by atoms with Gasteiger partial charge in [-0.25, -0.2) is 4.98 Å². The fourth-order valence-corrected chi connectivity index (χ4v) is 2.57. The molecule has 0 spiro atoms. The van der Waals surface area contributed by atoms with Gasteiger partial charge in [-0.15, -0.1) is 11.3 Å². The molecule has 0 fully saturated rings. The summed E-state index contributed by atoms with van der Waals surface area (Å²) < 4.78 is 1.03. The molecule has 0 aliphatic carbocycles. The maximum atomic E-state index is 12.0. The molecule has 0 N–H and O–H groups in total. The van der Waals surface area contributed by atoms with Crippen LogP contribution in [0.5, 0.6) is 0 Å². The Morgan fingerprint density at radius 3 is 2.74 bits per heavy atom. The van der Waals surface area contributed by atoms with E-state index in [1.54, 1.807) is 12.3 Å². The highest BCUT2D eigenvalue weighted by Gasteiger charge is 2.08. The second-order valence-electron chi connectivity index (χ2n) is 3.94. The van der Waals surface area contributed by atoms with Gasteiger partial charge in [0.25, 0.3) is 0 Å². The quantitative estimate of drug-likeness (QED) is 0.537. The van der Waals surface area contributed by atoms with Gasteiger partial charge in [0.15, 0.2) is 5.01 Å². The Hall–Kier alpha value is -2.33. The molecule has 0 saturated heterocycles. The second kappa shape index (κ2) is 5.12. The molecule has 3 nitrogen and oxygen atoms in total. The van der Waals surface area contributed by atoms with Crippen molar-refractivity contribution in [3.8, 4) is 0 Å². The number of hydrogen-bond donors (Lipinski definition) is 0. The van der Waals surface area contributed by atoms with Crippen LogP contribution in [0.3, 0.4) is 0 Å². The molecular weight excluding hydrogens is 256 g/mol. The number of nitrogens with zero attached hydrogens (tertiary/aromatic N) is 2. The first-order valence-corrected chi connectivity index (χ1v) is 6.63. The topological polar surface area (TPSA) is 42.9 Å². The first-order valence-electron chi connectivity index (χ1n) is 5.82. The maximum Gasteiger partial charge on any atom is 0.214 e. The summed E-state index contributed by atoms with van der Waals surface area (Å²) in [4.78, 5) is 20.5. The Bertz CT molecular complexity index is 714. The summed E-state index contributed by atoms with van der Waals surface area (Å²) in [5, 5.41) is 0.508. The summed E-state index contributed by atoms with van der Waals surface area (Å²) in [5.41, 5.74) is 1.62. The molecule has 0 unspecified atom stereocenters. The zero-order valence-electron chi connectivity index (χ0n) is 9.98. The van der Waals surface area contributed by atoms with E-state index < -0.39 is 0 Å². The van der Waals surface area contributed by atoms with E-state index in [-0.39, 0.29) is 5.78 Å². The summed E-state index contributed by atoms with van der Waals surface area (Å²) in [6, 6.07) is 13.3. The predicted octanol–water partition coefficient (Wildman–Crippen LogP) is 3.59. The highest BCUT2D eigenvalue weighted by atomic mass is 32.1. The fourth-order valence-electron chi connectivity index (χ4n) is 1.68. The molecule has 3 aromatic rings. The molecule has 1 aromatic carbocycles. The van der Waals surface area contributed by atoms with E-state index in [2.05, 4.69) is 9.97 Å². The number of pyridine rings is 1. The largest absolute Gasteiger partial charge is 0.287 e. The zero-order valence-corrected chi connectivity index (χ0v) is 10.8. The van der Waals surface area contributed by atoms with Crippen molar-refractivity contribution >= 4 is 33.4 Å². The van der Waals surface area contributed by atoms with Gasteiger partial charge in [-0.2, -0.15) is 0 Å². The van der Waals surface area contributed by atoms with Gasteiger partial charge in [0.2, 0.25) is 5.78 Å². The summed E-state index contributed by atoms with van der Waals surface area (Å²) in [7, 11) is 0. The molecule has 0 amide bonds. The normalized spacial score (nSPS) is 11.2. The van der Waals surface area contributed by atoms with Crippen LogP contribution in [-0.2, 0) is 0 Å². The molecule has 0 bridgehead atoms. The lowest BCUT2D eigenvalue weighted by Gasteiger charge is -1.89. The van der Waals surface area contributed by atoms with Crippen molar-refractivity contribution in [1.29, 1.82) is 0 Å². The smallest absolute Gasteiger partial charge is 0.214 e. The highest BCUT2D eigenvalue weighted by molar-refractivity contribution is 7.20. The molecular formula is C15H10N2OS. The molecule has 0 aliphatic heterocycles. The van der Waals surface area contributed by atoms with E-state index in [4.69, 9.17) is 0 Å². The third kappa shape index (κ3) is 2.58. The minimum atomic E-state index is -0.0909. The number of carbonyl (C=O) groups excluding carboxylic acids is 1. The van der Waals surface area contributed by atoms with Gasteiger partial charge in [0.1, 0.15) is 0 Å². The first kappa shape index (κ1) is 11.7. The van der Waals surface area contributed by atoms with Gasteiger partial charge in [0, 0.05) is 6.20 Å². The molecule has 92 valence electrons. The van der Waals surface area contributed by atoms with Gasteiger partial charge in [-0.3, -0.25) is 9.78 Å². The molecule has 2 heterocycles. The van der Waals surface area contributed by atoms with Gasteiger partial charge < -0.3 is 0 Å². The molecule has 4 heteroatoms. The van der Waals surface area contributed by atoms with Crippen LogP contribution >= 0.6 is 11.3 Å². The number of ketones is 1. The zero-order chi connectivity index (χ0) is 13.1. The third-order valence-electron chi connectivity index (χ3n) is 2.60. The summed E-state index contributed by atoms with van der Waals surface area (Å²) in [6.07, 6.45) is 4.91. The Morgan fingerprint density at radius 1 is 1.11 bits per heavy atom. The molecule has 0 radical (unpaired) electrons. The Morgan fingerprint density at radius 2 is 1.95 bits per heavy atom. The Balaban J connectivity index is 1.86. The minimum Gasteiger partial charge on any atom is -0.287 e. The van der Waals surface area contributed by atoms with Crippen molar-refractivity contribution in [3.05, 3.63) is 65.4 Å². The number of para-hydroxylation sites is 1. The molecule has 3 rings (SSSR count). The minimum absolute atomic E-state index is 0.0909. The Kier molecular flexibility index (Phi) is 3.16. The lowest BCUT2D eigenvalue weighted by molar-refractivity contribution is 0.104. The van der Waals surface area contributed by atoms with Gasteiger partial charge in [-0.1, -0.05) is 18.2 Å². The van der Waals surface area contributed by atoms with Crippen LogP contribution in [0.15, 0.2) is 54.7 Å². The van der Waals surface area contributed by atoms with E-state index >= 15 is 0 Å². The number of aromatic nitrogens is 2. The number of carbonyl (C=O) groups is 1. The van der Waals surface area contributed by atoms with Crippen molar-refractivity contribution in [2.24, 2.45) is 0 Å². The van der Waals surface area contributed by atoms with Crippen molar-refractivity contribution in [2.75, 3.05) is 0 Å². The third-order valence-corrected chi connectivity index (χ3v) is 3.65. The van der Waals surface area contributed by atoms with E-state index in [9.17, 15) is 4.79 Å². The van der Waals surface area contributed by atoms with Crippen LogP contribution in [0, 0.1) is 0 Å². The van der Waals surface area contributed by atoms with E-state index in [1.165, 1.54) is 17.4 Å². The standard InChI is InChI=1S/C15H10N2OS/c18-13(9-8-11-5-3-4-10-16-11)15-17-12-6-1-2-7-14(12)19-15/h1-10H/b9-8+. The number of benzene rings is 1. The first-order chi connectivity index (χ1) is 9.33. The number of allylic oxidation sites excluding steroid dienone is 1. The van der Waals surface area contributed by atoms with E-state index in [0.717, 1.165) is 15.9 Å². The monoisotopic (exact) mass is 266 g/mol. The maximum absolute atomic E-state index is 12.0. The summed E-state index contributed by atoms with van der Waals surface area (Å²) in [5.74, 6) is -0.0909. The summed E-state index contributed by atoms with van der Waals surface area (Å²) >= 11 is 1.41. The van der Waals surface area contributed by atoms with Crippen LogP contribution in [0.4, 0.5) is 0 Å². The van der Waals surface area contributed by atoms with Crippen molar-refractivity contribution in [2.45, 2.75) is 0 Å². The highest BCUT2D eigenvalue weighted by Crippen LogP contribution is 2.22. The lowest BCUT2D eigenvalue weighted by Crippen LogP contribution is -1.92. The number of rotatable bonds is 3. The van der Waals surface area contributed by atoms with Gasteiger partial charge in [-0.05, 0) is 36.4 Å². The average molecular weight is 266 g/mol. The SMILES string of the molecule is O=C(/C=C/c1ccccn1)c1nc2ccccc2s1. The van der Waals surface area contributed by atoms with Crippen molar-refractivity contribution < 1.29 is 4.79 Å². The van der Waals surface area contributed by atoms with Crippen LogP contribution in [0.2, 0.25) is 0 Å². The number of thiazole rings is 1. The van der Waals surface area contributed by atoms with E-state index in [0.29, 0.717) is 5.01 Å². The van der Waals surface area contributed by atoms with Crippen LogP contribution in [0.25, 0.3) is 16.3 Å². The number of hydrogen-bond acceptors (Lipinski definition) is 4. The van der Waals surface area contributed by atoms with Crippen LogP contribution in [0.1, 0.15) is 15.5 Å². The summed E-state index contributed by atoms with van der Waals surface area (Å²) in [6.45, 7) is 0. The van der Waals surface area contributed by atoms with Gasteiger partial charge >= 0.3 is 0 Å². The van der Waals surface area contributed by atoms with Crippen LogP contribution < -0.4 is 0 Å². The molecule has 0 atom stereocenters. The molecule has 2 aromatic heterocycles. The van der Waals surface area contributed by atoms with Crippen molar-refractivity contribution in [1.82, 2.24) is 9.97 Å². The van der Waals surface area contributed by atoms with Gasteiger partial charge in [0.05, 0.1) is 15.9 Å². The second-order valence-corrected chi connectivity index (χ2v) is 4.97. The molecule has 0 saturated carbocycles. The lowest BCUT2D eigenvalue weighted by atomic mass is 10.3. The molecule has 0 aliphatic rings. The predicted molar refractivity (Wildman–Crippen MR) is 77.2 cm³/mol. The van der Waals surface area contributed by atoms with Crippen LogP contribution in [-0.4, -0.2) is 15.8 Å². The van der Waals surface area contributed by atoms with Crippen molar-refractivity contribution in [3.63, 3.8) is 0 Å². The van der Waals surface area contributed by atoms with E-state index in [1.807, 2.05) is 42.5 Å². The fraction of sp³-hybridized carbons (Fsp3) is 0. The Labute approximate surface area is 114 Å². The average Bonchev–Trinajstić information content (AvgIpc) is 2.90. The molecule has 19 heavy (non-hydrogen) atoms.